The number of likely N-dealkylation sites (tertiary alicyclic amines) is 1. The van der Waals surface area contributed by atoms with E-state index < -0.39 is 59.3 Å². The first-order valence-corrected chi connectivity index (χ1v) is 12.4. The first-order chi connectivity index (χ1) is 15.7. The number of imide groups is 2. The van der Waals surface area contributed by atoms with Crippen LogP contribution in [0.5, 0.6) is 0 Å². The van der Waals surface area contributed by atoms with E-state index in [0.717, 1.165) is 4.90 Å². The van der Waals surface area contributed by atoms with E-state index in [9.17, 15) is 29.4 Å². The molecule has 0 saturated carbocycles. The number of rotatable bonds is 9. The van der Waals surface area contributed by atoms with Crippen molar-refractivity contribution >= 4 is 23.6 Å². The molecule has 0 aromatic rings. The monoisotopic (exact) mass is 478 g/mol. The number of amides is 4. The summed E-state index contributed by atoms with van der Waals surface area (Å²) in [4.78, 5) is 55.2. The highest BCUT2D eigenvalue weighted by molar-refractivity contribution is 6.06. The highest BCUT2D eigenvalue weighted by atomic mass is 16.3. The lowest BCUT2D eigenvalue weighted by molar-refractivity contribution is -0.157. The van der Waals surface area contributed by atoms with Gasteiger partial charge in [0.1, 0.15) is 12.2 Å². The minimum absolute atomic E-state index is 0.0279. The van der Waals surface area contributed by atoms with Crippen LogP contribution < -0.4 is 0 Å². The molecule has 2 aliphatic rings. The highest BCUT2D eigenvalue weighted by Crippen LogP contribution is 2.47. The molecule has 2 N–H and O–H groups in total. The van der Waals surface area contributed by atoms with Gasteiger partial charge in [-0.3, -0.25) is 29.0 Å². The van der Waals surface area contributed by atoms with Crippen molar-refractivity contribution in [1.29, 1.82) is 0 Å². The van der Waals surface area contributed by atoms with Crippen molar-refractivity contribution in [2.45, 2.75) is 98.4 Å². The second-order valence-electron chi connectivity index (χ2n) is 11.4. The summed E-state index contributed by atoms with van der Waals surface area (Å²) in [6.45, 7) is 14.7. The summed E-state index contributed by atoms with van der Waals surface area (Å²) in [5.41, 5.74) is -1.15. The van der Waals surface area contributed by atoms with Crippen LogP contribution in [0.2, 0.25) is 0 Å². The predicted octanol–water partition coefficient (Wildman–Crippen LogP) is 2.52. The highest BCUT2D eigenvalue weighted by Gasteiger charge is 2.59. The molecule has 1 saturated heterocycles. The predicted molar refractivity (Wildman–Crippen MR) is 128 cm³/mol. The largest absolute Gasteiger partial charge is 0.383 e. The van der Waals surface area contributed by atoms with Crippen LogP contribution in [0.3, 0.4) is 0 Å². The lowest BCUT2D eigenvalue weighted by Crippen LogP contribution is -2.61. The van der Waals surface area contributed by atoms with E-state index in [-0.39, 0.29) is 24.2 Å². The van der Waals surface area contributed by atoms with Gasteiger partial charge in [-0.1, -0.05) is 61.5 Å². The van der Waals surface area contributed by atoms with E-state index in [0.29, 0.717) is 12.8 Å². The summed E-state index contributed by atoms with van der Waals surface area (Å²) >= 11 is 0. The van der Waals surface area contributed by atoms with E-state index in [1.54, 1.807) is 33.8 Å². The Morgan fingerprint density at radius 2 is 1.47 bits per heavy atom. The minimum Gasteiger partial charge on any atom is -0.383 e. The standard InChI is InChI=1S/C26H42N2O6/c1-14(2)11-19-18(12-21(30)27(19)24(33)22(31)16(5)6)26(13-15(3)4)10-9-20(29)28(26)25(34)23(32)17(7)8/h9-10,14-19,22-23,31-32H,11-13H2,1-8H3. The molecule has 34 heavy (non-hydrogen) atoms. The van der Waals surface area contributed by atoms with Crippen LogP contribution >= 0.6 is 0 Å². The average Bonchev–Trinajstić information content (AvgIpc) is 3.21. The van der Waals surface area contributed by atoms with Gasteiger partial charge in [-0.2, -0.15) is 0 Å². The normalized spacial score (nSPS) is 27.1. The van der Waals surface area contributed by atoms with Gasteiger partial charge in [-0.05, 0) is 36.5 Å². The molecule has 192 valence electrons. The number of hydrogen-bond donors (Lipinski definition) is 2. The maximum atomic E-state index is 13.4. The molecule has 4 amide bonds. The molecular weight excluding hydrogens is 436 g/mol. The maximum absolute atomic E-state index is 13.4. The van der Waals surface area contributed by atoms with Gasteiger partial charge < -0.3 is 10.2 Å². The second kappa shape index (κ2) is 10.7. The summed E-state index contributed by atoms with van der Waals surface area (Å²) in [6, 6.07) is -0.589. The van der Waals surface area contributed by atoms with Crippen molar-refractivity contribution in [2.75, 3.05) is 0 Å². The molecule has 8 heteroatoms. The van der Waals surface area contributed by atoms with Gasteiger partial charge in [0.25, 0.3) is 17.7 Å². The van der Waals surface area contributed by atoms with Crippen molar-refractivity contribution < 1.29 is 29.4 Å². The molecule has 0 aromatic carbocycles. The summed E-state index contributed by atoms with van der Waals surface area (Å²) in [5.74, 6) is -3.38. The minimum atomic E-state index is -1.36. The Morgan fingerprint density at radius 3 is 1.94 bits per heavy atom. The smallest absolute Gasteiger partial charge is 0.259 e. The van der Waals surface area contributed by atoms with Crippen LogP contribution in [0.1, 0.15) is 74.7 Å². The summed E-state index contributed by atoms with van der Waals surface area (Å²) < 4.78 is 0. The zero-order valence-corrected chi connectivity index (χ0v) is 21.8. The molecule has 5 unspecified atom stereocenters. The van der Waals surface area contributed by atoms with Crippen molar-refractivity contribution in [3.05, 3.63) is 12.2 Å². The van der Waals surface area contributed by atoms with Crippen molar-refractivity contribution in [2.24, 2.45) is 29.6 Å². The molecule has 5 atom stereocenters. The third-order valence-electron chi connectivity index (χ3n) is 6.93. The lowest BCUT2D eigenvalue weighted by atomic mass is 9.72. The molecule has 0 radical (unpaired) electrons. The number of aliphatic hydroxyl groups is 2. The number of nitrogens with zero attached hydrogens (tertiary/aromatic N) is 2. The molecule has 2 aliphatic heterocycles. The maximum Gasteiger partial charge on any atom is 0.259 e. The summed E-state index contributed by atoms with van der Waals surface area (Å²) in [7, 11) is 0. The Hall–Kier alpha value is -2.06. The van der Waals surface area contributed by atoms with Crippen molar-refractivity contribution in [3.8, 4) is 0 Å². The molecule has 2 heterocycles. The summed E-state index contributed by atoms with van der Waals surface area (Å²) in [6.07, 6.45) is 1.20. The number of carbonyl (C=O) groups is 4. The van der Waals surface area contributed by atoms with Gasteiger partial charge in [0.15, 0.2) is 0 Å². The van der Waals surface area contributed by atoms with Gasteiger partial charge in [0.2, 0.25) is 5.91 Å². The molecular formula is C26H42N2O6. The van der Waals surface area contributed by atoms with Gasteiger partial charge in [-0.25, -0.2) is 0 Å². The fourth-order valence-corrected chi connectivity index (χ4v) is 5.32. The molecule has 2 rings (SSSR count). The van der Waals surface area contributed by atoms with E-state index in [4.69, 9.17) is 0 Å². The zero-order chi connectivity index (χ0) is 26.1. The van der Waals surface area contributed by atoms with Crippen LogP contribution in [-0.4, -0.2) is 67.4 Å². The van der Waals surface area contributed by atoms with E-state index >= 15 is 0 Å². The SMILES string of the molecule is CC(C)CC1C(C2(CC(C)C)C=CC(=O)N2C(=O)C(O)C(C)C)CC(=O)N1C(=O)C(O)C(C)C. The Bertz CT molecular complexity index is 833. The van der Waals surface area contributed by atoms with Crippen LogP contribution in [0, 0.1) is 29.6 Å². The number of carbonyl (C=O) groups excluding carboxylic acids is 4. The Kier molecular flexibility index (Phi) is 8.86. The van der Waals surface area contributed by atoms with Crippen molar-refractivity contribution in [3.63, 3.8) is 0 Å². The quantitative estimate of drug-likeness (QED) is 0.526. The van der Waals surface area contributed by atoms with Gasteiger partial charge in [0, 0.05) is 24.5 Å². The number of aliphatic hydroxyl groups excluding tert-OH is 2. The van der Waals surface area contributed by atoms with Gasteiger partial charge >= 0.3 is 0 Å². The molecule has 1 fully saturated rings. The molecule has 0 spiro atoms. The van der Waals surface area contributed by atoms with E-state index in [1.807, 2.05) is 27.7 Å². The Balaban J connectivity index is 2.65. The lowest BCUT2D eigenvalue weighted by Gasteiger charge is -2.46. The third-order valence-corrected chi connectivity index (χ3v) is 6.93. The first kappa shape index (κ1) is 28.2. The molecule has 0 aromatic heterocycles. The van der Waals surface area contributed by atoms with Crippen LogP contribution in [0.25, 0.3) is 0 Å². The van der Waals surface area contributed by atoms with Crippen LogP contribution in [0.4, 0.5) is 0 Å². The molecule has 0 bridgehead atoms. The fourth-order valence-electron chi connectivity index (χ4n) is 5.32. The molecule has 0 aliphatic carbocycles. The van der Waals surface area contributed by atoms with Crippen LogP contribution in [0.15, 0.2) is 12.2 Å². The first-order valence-electron chi connectivity index (χ1n) is 12.4. The van der Waals surface area contributed by atoms with Crippen molar-refractivity contribution in [1.82, 2.24) is 9.80 Å². The Labute approximate surface area is 203 Å². The van der Waals surface area contributed by atoms with Gasteiger partial charge in [-0.15, -0.1) is 0 Å². The fraction of sp³-hybridized carbons (Fsp3) is 0.769. The van der Waals surface area contributed by atoms with E-state index in [1.165, 1.54) is 11.0 Å². The molecule has 8 nitrogen and oxygen atoms in total. The van der Waals surface area contributed by atoms with Gasteiger partial charge in [0.05, 0.1) is 5.54 Å². The average molecular weight is 479 g/mol. The number of hydrogen-bond acceptors (Lipinski definition) is 6. The summed E-state index contributed by atoms with van der Waals surface area (Å²) in [5, 5.41) is 21.1. The van der Waals surface area contributed by atoms with E-state index in [2.05, 4.69) is 0 Å². The second-order valence-corrected chi connectivity index (χ2v) is 11.4. The topological polar surface area (TPSA) is 115 Å². The van der Waals surface area contributed by atoms with Crippen LogP contribution in [-0.2, 0) is 19.2 Å². The third kappa shape index (κ3) is 5.28. The Morgan fingerprint density at radius 1 is 0.941 bits per heavy atom. The zero-order valence-electron chi connectivity index (χ0n) is 21.8.